The maximum absolute atomic E-state index is 13.0. The van der Waals surface area contributed by atoms with Gasteiger partial charge in [-0.2, -0.15) is 8.42 Å². The Morgan fingerprint density at radius 1 is 0.709 bits per heavy atom. The monoisotopic (exact) mass is 808 g/mol. The maximum Gasteiger partial charge on any atom is 0.397 e. The van der Waals surface area contributed by atoms with E-state index in [2.05, 4.69) is 23.3 Å². The largest absolute Gasteiger partial charge is 0.397 e. The van der Waals surface area contributed by atoms with E-state index in [1.54, 1.807) is 6.08 Å². The summed E-state index contributed by atoms with van der Waals surface area (Å²) in [6.45, 7) is 3.38. The number of unbranched alkanes of at least 4 members (excludes halogenated alkanes) is 25. The minimum Gasteiger partial charge on any atom is -0.394 e. The van der Waals surface area contributed by atoms with Crippen LogP contribution in [0.3, 0.4) is 0 Å². The van der Waals surface area contributed by atoms with Crippen LogP contribution in [0.1, 0.15) is 194 Å². The topological polar surface area (TPSA) is 192 Å². The molecule has 0 bridgehead atoms. The zero-order valence-corrected chi connectivity index (χ0v) is 35.3. The van der Waals surface area contributed by atoms with E-state index in [0.717, 1.165) is 38.5 Å². The summed E-state index contributed by atoms with van der Waals surface area (Å²) in [5.74, 6) is -0.262. The summed E-state index contributed by atoms with van der Waals surface area (Å²) >= 11 is 0. The predicted molar refractivity (Wildman–Crippen MR) is 218 cm³/mol. The highest BCUT2D eigenvalue weighted by Gasteiger charge is 2.48. The lowest BCUT2D eigenvalue weighted by Gasteiger charge is -2.41. The average molecular weight is 808 g/mol. The fourth-order valence-corrected chi connectivity index (χ4v) is 7.61. The van der Waals surface area contributed by atoms with Crippen molar-refractivity contribution in [3.8, 4) is 0 Å². The zero-order chi connectivity index (χ0) is 40.6. The molecule has 12 nitrogen and oxygen atoms in total. The van der Waals surface area contributed by atoms with E-state index < -0.39 is 59.9 Å². The number of hydrogen-bond donors (Lipinski definition) is 6. The highest BCUT2D eigenvalue weighted by atomic mass is 32.3. The summed E-state index contributed by atoms with van der Waals surface area (Å²) in [6, 6.07) is -0.937. The van der Waals surface area contributed by atoms with Gasteiger partial charge in [0.15, 0.2) is 6.29 Å². The second-order valence-corrected chi connectivity index (χ2v) is 16.7. The molecule has 1 saturated heterocycles. The van der Waals surface area contributed by atoms with Crippen LogP contribution in [0, 0.1) is 0 Å². The first kappa shape index (κ1) is 51.9. The Morgan fingerprint density at radius 2 is 1.15 bits per heavy atom. The number of carbonyl (C=O) groups excluding carboxylic acids is 1. The Balaban J connectivity index is 2.56. The lowest BCUT2D eigenvalue weighted by Crippen LogP contribution is -2.61. The highest BCUT2D eigenvalue weighted by Crippen LogP contribution is 2.26. The van der Waals surface area contributed by atoms with Gasteiger partial charge in [0.1, 0.15) is 24.4 Å². The summed E-state index contributed by atoms with van der Waals surface area (Å²) in [5.41, 5.74) is 0. The molecule has 55 heavy (non-hydrogen) atoms. The summed E-state index contributed by atoms with van der Waals surface area (Å²) in [5, 5.41) is 44.6. The van der Waals surface area contributed by atoms with Crippen molar-refractivity contribution in [2.45, 2.75) is 236 Å². The third-order valence-electron chi connectivity index (χ3n) is 10.6. The van der Waals surface area contributed by atoms with Gasteiger partial charge in [-0.05, 0) is 19.3 Å². The van der Waals surface area contributed by atoms with Crippen LogP contribution in [0.15, 0.2) is 12.2 Å². The standard InChI is InChI=1S/C42H81NO11S/c1-3-5-7-9-11-13-15-17-19-21-23-25-27-29-31-36(45)35(34-52-42-40(48)41(54-55(49,50)51)39(47)37(33-44)53-42)43-38(46)32-30-28-26-24-22-20-18-16-14-12-10-8-6-4-2/h29,31,35-37,39-42,44-45,47-48H,3-28,30,32-34H2,1-2H3,(H,43,46)(H,49,50,51)/b31-29+. The number of amides is 1. The first-order valence-corrected chi connectivity index (χ1v) is 23.4. The molecule has 1 amide bonds. The molecule has 0 aliphatic carbocycles. The molecular weight excluding hydrogens is 727 g/mol. The Bertz CT molecular complexity index is 1050. The molecule has 0 aromatic heterocycles. The van der Waals surface area contributed by atoms with Crippen molar-refractivity contribution < 1.29 is 51.8 Å². The van der Waals surface area contributed by atoms with E-state index in [4.69, 9.17) is 14.0 Å². The molecule has 13 heteroatoms. The summed E-state index contributed by atoms with van der Waals surface area (Å²) in [6.07, 6.45) is 26.8. The number of carbonyl (C=O) groups is 1. The second kappa shape index (κ2) is 33.8. The van der Waals surface area contributed by atoms with E-state index >= 15 is 0 Å². The van der Waals surface area contributed by atoms with Crippen molar-refractivity contribution in [3.63, 3.8) is 0 Å². The molecule has 1 fully saturated rings. The van der Waals surface area contributed by atoms with Gasteiger partial charge in [0.2, 0.25) is 5.91 Å². The first-order valence-electron chi connectivity index (χ1n) is 22.1. The minimum absolute atomic E-state index is 0.262. The predicted octanol–water partition coefficient (Wildman–Crippen LogP) is 7.99. The number of ether oxygens (including phenoxy) is 2. The van der Waals surface area contributed by atoms with Crippen LogP contribution in [0.5, 0.6) is 0 Å². The first-order chi connectivity index (χ1) is 26.5. The Kier molecular flexibility index (Phi) is 31.8. The molecule has 0 radical (unpaired) electrons. The van der Waals surface area contributed by atoms with E-state index in [0.29, 0.717) is 6.42 Å². The minimum atomic E-state index is -5.08. The van der Waals surface area contributed by atoms with Gasteiger partial charge < -0.3 is 35.2 Å². The SMILES string of the molecule is CCCCCCCCCCCCCC/C=C/C(O)C(COC1OC(CO)C(O)C(OS(=O)(=O)O)C1O)NC(=O)CCCCCCCCCCCCCCCC. The van der Waals surface area contributed by atoms with E-state index in [9.17, 15) is 33.6 Å². The number of rotatable bonds is 37. The van der Waals surface area contributed by atoms with Crippen LogP contribution < -0.4 is 5.32 Å². The van der Waals surface area contributed by atoms with Crippen molar-refractivity contribution in [2.24, 2.45) is 0 Å². The average Bonchev–Trinajstić information content (AvgIpc) is 3.15. The van der Waals surface area contributed by atoms with Crippen molar-refractivity contribution in [1.29, 1.82) is 0 Å². The van der Waals surface area contributed by atoms with Gasteiger partial charge in [-0.3, -0.25) is 9.35 Å². The van der Waals surface area contributed by atoms with Crippen LogP contribution in [-0.4, -0.2) is 95.4 Å². The van der Waals surface area contributed by atoms with Crippen molar-refractivity contribution in [2.75, 3.05) is 13.2 Å². The second-order valence-electron chi connectivity index (χ2n) is 15.6. The van der Waals surface area contributed by atoms with Gasteiger partial charge in [-0.15, -0.1) is 0 Å². The molecule has 0 aromatic carbocycles. The van der Waals surface area contributed by atoms with Crippen LogP contribution in [0.2, 0.25) is 0 Å². The number of nitrogens with one attached hydrogen (secondary N) is 1. The van der Waals surface area contributed by atoms with E-state index in [1.165, 1.54) is 128 Å². The van der Waals surface area contributed by atoms with Crippen molar-refractivity contribution >= 4 is 16.3 Å². The van der Waals surface area contributed by atoms with Crippen LogP contribution >= 0.6 is 0 Å². The molecule has 0 spiro atoms. The number of allylic oxidation sites excluding steroid dienone is 1. The van der Waals surface area contributed by atoms with Gasteiger partial charge in [0.05, 0.1) is 25.4 Å². The molecule has 0 aromatic rings. The number of aliphatic hydroxyl groups is 4. The van der Waals surface area contributed by atoms with Gasteiger partial charge in [0, 0.05) is 6.42 Å². The van der Waals surface area contributed by atoms with Crippen molar-refractivity contribution in [3.05, 3.63) is 12.2 Å². The van der Waals surface area contributed by atoms with Crippen LogP contribution in [0.4, 0.5) is 0 Å². The molecule has 1 heterocycles. The Labute approximate surface area is 334 Å². The fourth-order valence-electron chi connectivity index (χ4n) is 7.10. The van der Waals surface area contributed by atoms with Crippen molar-refractivity contribution in [1.82, 2.24) is 5.32 Å². The fraction of sp³-hybridized carbons (Fsp3) is 0.929. The van der Waals surface area contributed by atoms with Gasteiger partial charge in [0.25, 0.3) is 0 Å². The van der Waals surface area contributed by atoms with Gasteiger partial charge >= 0.3 is 10.4 Å². The lowest BCUT2D eigenvalue weighted by molar-refractivity contribution is -0.298. The lowest BCUT2D eigenvalue weighted by atomic mass is 9.99. The maximum atomic E-state index is 13.0. The van der Waals surface area contributed by atoms with Crippen LogP contribution in [0.25, 0.3) is 0 Å². The molecule has 7 atom stereocenters. The van der Waals surface area contributed by atoms with E-state index in [1.807, 2.05) is 6.08 Å². The molecule has 1 aliphatic rings. The van der Waals surface area contributed by atoms with Gasteiger partial charge in [-0.1, -0.05) is 180 Å². The number of hydrogen-bond acceptors (Lipinski definition) is 10. The Hall–Kier alpha value is -1.16. The summed E-state index contributed by atoms with van der Waals surface area (Å²) in [7, 11) is -5.08. The third kappa shape index (κ3) is 27.2. The molecular formula is C42H81NO11S. The quantitative estimate of drug-likeness (QED) is 0.0203. The highest BCUT2D eigenvalue weighted by molar-refractivity contribution is 7.80. The molecule has 0 saturated carbocycles. The molecule has 326 valence electrons. The smallest absolute Gasteiger partial charge is 0.394 e. The normalized spacial score (nSPS) is 21.6. The zero-order valence-electron chi connectivity index (χ0n) is 34.5. The van der Waals surface area contributed by atoms with Crippen LogP contribution in [-0.2, 0) is 28.9 Å². The number of aliphatic hydroxyl groups excluding tert-OH is 4. The molecule has 1 aliphatic heterocycles. The Morgan fingerprint density at radius 3 is 1.58 bits per heavy atom. The third-order valence-corrected chi connectivity index (χ3v) is 11.0. The van der Waals surface area contributed by atoms with Gasteiger partial charge in [-0.25, -0.2) is 4.18 Å². The summed E-state index contributed by atoms with van der Waals surface area (Å²) < 4.78 is 47.5. The molecule has 6 N–H and O–H groups in total. The molecule has 7 unspecified atom stereocenters. The summed E-state index contributed by atoms with van der Waals surface area (Å²) in [4.78, 5) is 13.0. The van der Waals surface area contributed by atoms with E-state index in [-0.39, 0.29) is 18.9 Å². The molecule has 1 rings (SSSR count).